The maximum atomic E-state index is 12.9. The molecular weight excluding hydrogens is 406 g/mol. The first-order chi connectivity index (χ1) is 14.4. The number of H-pyrrole nitrogens is 1. The summed E-state index contributed by atoms with van der Waals surface area (Å²) in [5, 5.41) is 3.02. The summed E-state index contributed by atoms with van der Waals surface area (Å²) in [5.41, 5.74) is 1.12. The van der Waals surface area contributed by atoms with Crippen molar-refractivity contribution in [3.63, 3.8) is 0 Å². The molecular formula is C21H27N3O5S. The molecule has 0 radical (unpaired) electrons. The van der Waals surface area contributed by atoms with Gasteiger partial charge in [-0.2, -0.15) is 4.31 Å². The van der Waals surface area contributed by atoms with Crippen LogP contribution in [0, 0.1) is 5.92 Å². The monoisotopic (exact) mass is 433 g/mol. The number of fused-ring (bicyclic) bond motifs is 1. The molecule has 0 aliphatic carbocycles. The first-order valence-corrected chi connectivity index (χ1v) is 11.7. The highest BCUT2D eigenvalue weighted by Crippen LogP contribution is 2.34. The molecule has 0 bridgehead atoms. The van der Waals surface area contributed by atoms with Crippen LogP contribution in [0.15, 0.2) is 35.4 Å². The molecule has 9 heteroatoms. The number of rotatable bonds is 6. The number of nitrogens with zero attached hydrogens (tertiary/aromatic N) is 1. The van der Waals surface area contributed by atoms with E-state index in [9.17, 15) is 13.2 Å². The van der Waals surface area contributed by atoms with Gasteiger partial charge in [-0.15, -0.1) is 0 Å². The van der Waals surface area contributed by atoms with Crippen LogP contribution in [0.3, 0.4) is 0 Å². The van der Waals surface area contributed by atoms with Crippen molar-refractivity contribution in [3.8, 4) is 11.5 Å². The van der Waals surface area contributed by atoms with Gasteiger partial charge in [0, 0.05) is 19.3 Å². The smallest absolute Gasteiger partial charge is 0.268 e. The lowest BCUT2D eigenvalue weighted by Gasteiger charge is -2.25. The number of benzene rings is 1. The van der Waals surface area contributed by atoms with Crippen LogP contribution in [-0.4, -0.2) is 49.9 Å². The van der Waals surface area contributed by atoms with Crippen LogP contribution < -0.4 is 14.8 Å². The highest BCUT2D eigenvalue weighted by Gasteiger charge is 2.29. The van der Waals surface area contributed by atoms with E-state index in [2.05, 4.69) is 10.3 Å². The Bertz CT molecular complexity index is 1030. The molecule has 8 nitrogen and oxygen atoms in total. The van der Waals surface area contributed by atoms with Gasteiger partial charge >= 0.3 is 0 Å². The molecule has 2 aliphatic heterocycles. The van der Waals surface area contributed by atoms with Crippen LogP contribution in [0.1, 0.15) is 48.8 Å². The summed E-state index contributed by atoms with van der Waals surface area (Å²) < 4.78 is 38.1. The molecule has 0 saturated carbocycles. The molecule has 162 valence electrons. The highest BCUT2D eigenvalue weighted by molar-refractivity contribution is 7.89. The maximum absolute atomic E-state index is 12.9. The molecule has 1 aromatic carbocycles. The number of hydrogen-bond donors (Lipinski definition) is 2. The molecule has 30 heavy (non-hydrogen) atoms. The summed E-state index contributed by atoms with van der Waals surface area (Å²) in [6.07, 6.45) is 3.11. The number of hydrogen-bond acceptors (Lipinski definition) is 5. The number of carbonyl (C=O) groups is 1. The second kappa shape index (κ2) is 8.31. The lowest BCUT2D eigenvalue weighted by Crippen LogP contribution is -2.32. The van der Waals surface area contributed by atoms with E-state index in [1.54, 1.807) is 0 Å². The number of ether oxygens (including phenoxy) is 2. The Labute approximate surface area is 176 Å². The normalized spacial score (nSPS) is 17.8. The van der Waals surface area contributed by atoms with E-state index in [-0.39, 0.29) is 28.5 Å². The van der Waals surface area contributed by atoms with Crippen LogP contribution in [0.4, 0.5) is 0 Å². The Hall–Kier alpha value is -2.52. The van der Waals surface area contributed by atoms with E-state index in [1.807, 2.05) is 32.0 Å². The number of nitrogens with one attached hydrogen (secondary N) is 2. The van der Waals surface area contributed by atoms with Gasteiger partial charge in [0.15, 0.2) is 11.5 Å². The van der Waals surface area contributed by atoms with Gasteiger partial charge in [0.25, 0.3) is 5.91 Å². The lowest BCUT2D eigenvalue weighted by molar-refractivity contribution is 0.0921. The molecule has 0 spiro atoms. The van der Waals surface area contributed by atoms with Crippen molar-refractivity contribution in [3.05, 3.63) is 41.7 Å². The standard InChI is InChI=1S/C21H27N3O5S/c1-14(2)20(15-5-6-18-19(11-15)29-10-9-28-18)23-21(25)17-12-16(13-22-17)30(26,27)24-7-3-4-8-24/h5-6,11-14,20,22H,3-4,7-10H2,1-2H3,(H,23,25)/t20-/m0/s1. The van der Waals surface area contributed by atoms with Crippen molar-refractivity contribution in [1.82, 2.24) is 14.6 Å². The summed E-state index contributed by atoms with van der Waals surface area (Å²) >= 11 is 0. The van der Waals surface area contributed by atoms with Gasteiger partial charge in [-0.1, -0.05) is 19.9 Å². The van der Waals surface area contributed by atoms with Gasteiger partial charge < -0.3 is 19.8 Å². The van der Waals surface area contributed by atoms with E-state index in [1.165, 1.54) is 16.6 Å². The van der Waals surface area contributed by atoms with Crippen LogP contribution in [0.2, 0.25) is 0 Å². The van der Waals surface area contributed by atoms with Crippen molar-refractivity contribution >= 4 is 15.9 Å². The fraction of sp³-hybridized carbons (Fsp3) is 0.476. The number of aromatic amines is 1. The summed E-state index contributed by atoms with van der Waals surface area (Å²) in [4.78, 5) is 15.8. The molecule has 3 heterocycles. The zero-order chi connectivity index (χ0) is 21.3. The minimum atomic E-state index is -3.57. The predicted molar refractivity (Wildman–Crippen MR) is 111 cm³/mol. The number of amides is 1. The first kappa shape index (κ1) is 20.7. The molecule has 2 aliphatic rings. The van der Waals surface area contributed by atoms with E-state index < -0.39 is 10.0 Å². The fourth-order valence-corrected chi connectivity index (χ4v) is 5.35. The van der Waals surface area contributed by atoms with E-state index >= 15 is 0 Å². The van der Waals surface area contributed by atoms with Crippen molar-refractivity contribution < 1.29 is 22.7 Å². The average molecular weight is 434 g/mol. The number of sulfonamides is 1. The Balaban J connectivity index is 1.52. The van der Waals surface area contributed by atoms with Gasteiger partial charge in [0.2, 0.25) is 10.0 Å². The molecule has 1 fully saturated rings. The third-order valence-electron chi connectivity index (χ3n) is 5.48. The van der Waals surface area contributed by atoms with Crippen molar-refractivity contribution in [1.29, 1.82) is 0 Å². The second-order valence-corrected chi connectivity index (χ2v) is 9.90. The second-order valence-electron chi connectivity index (χ2n) is 7.96. The molecule has 2 aromatic rings. The van der Waals surface area contributed by atoms with Crippen molar-refractivity contribution in [2.45, 2.75) is 37.6 Å². The van der Waals surface area contributed by atoms with Crippen LogP contribution in [-0.2, 0) is 10.0 Å². The Morgan fingerprint density at radius 2 is 1.80 bits per heavy atom. The fourth-order valence-electron chi connectivity index (χ4n) is 3.84. The summed E-state index contributed by atoms with van der Waals surface area (Å²) in [7, 11) is -3.57. The van der Waals surface area contributed by atoms with Crippen LogP contribution in [0.25, 0.3) is 0 Å². The molecule has 1 saturated heterocycles. The predicted octanol–water partition coefficient (Wildman–Crippen LogP) is 2.70. The molecule has 1 aromatic heterocycles. The third kappa shape index (κ3) is 4.04. The topological polar surface area (TPSA) is 101 Å². The molecule has 4 rings (SSSR count). The van der Waals surface area contributed by atoms with E-state index in [0.717, 1.165) is 18.4 Å². The average Bonchev–Trinajstić information content (AvgIpc) is 3.44. The van der Waals surface area contributed by atoms with Crippen LogP contribution in [0.5, 0.6) is 11.5 Å². The van der Waals surface area contributed by atoms with Gasteiger partial charge in [0.1, 0.15) is 23.8 Å². The van der Waals surface area contributed by atoms with Gasteiger partial charge in [0.05, 0.1) is 6.04 Å². The zero-order valence-electron chi connectivity index (χ0n) is 17.2. The highest BCUT2D eigenvalue weighted by atomic mass is 32.2. The van der Waals surface area contributed by atoms with Crippen molar-refractivity contribution in [2.75, 3.05) is 26.3 Å². The Morgan fingerprint density at radius 1 is 1.10 bits per heavy atom. The number of carbonyl (C=O) groups excluding carboxylic acids is 1. The number of aromatic nitrogens is 1. The van der Waals surface area contributed by atoms with Crippen molar-refractivity contribution in [2.24, 2.45) is 5.92 Å². The van der Waals surface area contributed by atoms with E-state index in [4.69, 9.17) is 9.47 Å². The minimum Gasteiger partial charge on any atom is -0.486 e. The third-order valence-corrected chi connectivity index (χ3v) is 7.36. The molecule has 0 unspecified atom stereocenters. The Kier molecular flexibility index (Phi) is 5.75. The first-order valence-electron chi connectivity index (χ1n) is 10.3. The summed E-state index contributed by atoms with van der Waals surface area (Å²) in [6.45, 7) is 6.08. The molecule has 1 atom stereocenters. The molecule has 1 amide bonds. The minimum absolute atomic E-state index is 0.110. The van der Waals surface area contributed by atoms with Gasteiger partial charge in [-0.3, -0.25) is 4.79 Å². The van der Waals surface area contributed by atoms with E-state index in [0.29, 0.717) is 37.8 Å². The van der Waals surface area contributed by atoms with Gasteiger partial charge in [-0.05, 0) is 42.5 Å². The largest absolute Gasteiger partial charge is 0.486 e. The lowest BCUT2D eigenvalue weighted by atomic mass is 9.95. The maximum Gasteiger partial charge on any atom is 0.268 e. The van der Waals surface area contributed by atoms with Gasteiger partial charge in [-0.25, -0.2) is 8.42 Å². The SMILES string of the molecule is CC(C)[C@H](NC(=O)c1cc(S(=O)(=O)N2CCCC2)c[nH]1)c1ccc2c(c1)OCCO2. The molecule has 2 N–H and O–H groups in total. The Morgan fingerprint density at radius 3 is 2.50 bits per heavy atom. The quantitative estimate of drug-likeness (QED) is 0.730. The van der Waals surface area contributed by atoms with Crippen LogP contribution >= 0.6 is 0 Å². The summed E-state index contributed by atoms with van der Waals surface area (Å²) in [6, 6.07) is 6.79. The zero-order valence-corrected chi connectivity index (χ0v) is 18.0. The summed E-state index contributed by atoms with van der Waals surface area (Å²) in [5.74, 6) is 1.11.